The summed E-state index contributed by atoms with van der Waals surface area (Å²) < 4.78 is 6.77. The summed E-state index contributed by atoms with van der Waals surface area (Å²) in [5, 5.41) is 4.38. The van der Waals surface area contributed by atoms with Crippen LogP contribution in [0.1, 0.15) is 38.2 Å². The third-order valence-electron chi connectivity index (χ3n) is 6.91. The van der Waals surface area contributed by atoms with Gasteiger partial charge in [0.1, 0.15) is 5.75 Å². The first-order valence-corrected chi connectivity index (χ1v) is 13.3. The van der Waals surface area contributed by atoms with Gasteiger partial charge in [0.05, 0.1) is 22.7 Å². The average Bonchev–Trinajstić information content (AvgIpc) is 3.30. The third-order valence-corrected chi connectivity index (χ3v) is 7.98. The van der Waals surface area contributed by atoms with Gasteiger partial charge >= 0.3 is 0 Å². The van der Waals surface area contributed by atoms with Gasteiger partial charge in [-0.25, -0.2) is 4.98 Å². The molecule has 0 bridgehead atoms. The lowest BCUT2D eigenvalue weighted by molar-refractivity contribution is -0.126. The van der Waals surface area contributed by atoms with Crippen molar-refractivity contribution in [2.24, 2.45) is 5.92 Å². The Morgan fingerprint density at radius 1 is 1.12 bits per heavy atom. The number of amides is 1. The van der Waals surface area contributed by atoms with E-state index in [9.17, 15) is 4.79 Å². The number of nitrogens with one attached hydrogen (secondary N) is 1. The first-order chi connectivity index (χ1) is 16.7. The number of piperidine rings is 2. The summed E-state index contributed by atoms with van der Waals surface area (Å²) in [6.07, 6.45) is 4.02. The van der Waals surface area contributed by atoms with Gasteiger partial charge in [0.2, 0.25) is 5.91 Å². The van der Waals surface area contributed by atoms with E-state index in [1.807, 2.05) is 19.1 Å². The number of anilines is 1. The van der Waals surface area contributed by atoms with Gasteiger partial charge in [-0.3, -0.25) is 9.69 Å². The predicted molar refractivity (Wildman–Crippen MR) is 139 cm³/mol. The molecule has 3 aromatic rings. The van der Waals surface area contributed by atoms with Gasteiger partial charge in [0.25, 0.3) is 0 Å². The lowest BCUT2D eigenvalue weighted by Crippen LogP contribution is -2.49. The lowest BCUT2D eigenvalue weighted by atomic mass is 9.96. The van der Waals surface area contributed by atoms with Crippen molar-refractivity contribution < 1.29 is 9.53 Å². The molecule has 2 aliphatic heterocycles. The number of nitrogens with zero attached hydrogens (tertiary/aromatic N) is 3. The fraction of sp³-hybridized carbons (Fsp3) is 0.481. The normalized spacial score (nSPS) is 19.9. The van der Waals surface area contributed by atoms with Crippen LogP contribution in [-0.4, -0.2) is 54.6 Å². The molecule has 34 heavy (non-hydrogen) atoms. The number of carbonyl (C=O) groups excluding carboxylic acids is 1. The van der Waals surface area contributed by atoms with Crippen molar-refractivity contribution in [1.29, 1.82) is 0 Å². The summed E-state index contributed by atoms with van der Waals surface area (Å²) in [6, 6.07) is 17.0. The Morgan fingerprint density at radius 2 is 1.94 bits per heavy atom. The van der Waals surface area contributed by atoms with Gasteiger partial charge in [-0.15, -0.1) is 0 Å². The van der Waals surface area contributed by atoms with Crippen molar-refractivity contribution in [2.45, 2.75) is 45.2 Å². The Hall–Kier alpha value is -2.64. The van der Waals surface area contributed by atoms with Crippen LogP contribution in [0.2, 0.25) is 0 Å². The molecule has 0 aliphatic carbocycles. The molecule has 1 aromatic heterocycles. The van der Waals surface area contributed by atoms with E-state index in [1.165, 1.54) is 5.56 Å². The largest absolute Gasteiger partial charge is 0.494 e. The number of ether oxygens (including phenoxy) is 1. The second kappa shape index (κ2) is 10.7. The molecule has 7 heteroatoms. The zero-order chi connectivity index (χ0) is 23.3. The molecule has 0 spiro atoms. The summed E-state index contributed by atoms with van der Waals surface area (Å²) in [5.41, 5.74) is 2.36. The predicted octanol–water partition coefficient (Wildman–Crippen LogP) is 4.69. The fourth-order valence-electron chi connectivity index (χ4n) is 5.05. The third kappa shape index (κ3) is 5.53. The summed E-state index contributed by atoms with van der Waals surface area (Å²) in [5.74, 6) is 1.13. The van der Waals surface area contributed by atoms with Gasteiger partial charge in [-0.2, -0.15) is 0 Å². The van der Waals surface area contributed by atoms with E-state index < -0.39 is 0 Å². The molecular formula is C27H34N4O2S. The number of rotatable bonds is 7. The highest BCUT2D eigenvalue weighted by Gasteiger charge is 2.29. The number of carbonyl (C=O) groups is 1. The Balaban J connectivity index is 1.14. The molecule has 5 rings (SSSR count). The van der Waals surface area contributed by atoms with Crippen LogP contribution in [0.3, 0.4) is 0 Å². The van der Waals surface area contributed by atoms with Crippen molar-refractivity contribution >= 4 is 32.6 Å². The van der Waals surface area contributed by atoms with Gasteiger partial charge < -0.3 is 15.0 Å². The van der Waals surface area contributed by atoms with Crippen LogP contribution in [-0.2, 0) is 11.3 Å². The highest BCUT2D eigenvalue weighted by Crippen LogP contribution is 2.33. The molecule has 1 N–H and O–H groups in total. The monoisotopic (exact) mass is 478 g/mol. The Kier molecular flexibility index (Phi) is 7.30. The molecule has 0 radical (unpaired) electrons. The van der Waals surface area contributed by atoms with Crippen molar-refractivity contribution in [3.8, 4) is 5.75 Å². The van der Waals surface area contributed by atoms with E-state index in [1.54, 1.807) is 11.3 Å². The minimum atomic E-state index is 0.0297. The molecule has 3 heterocycles. The molecule has 180 valence electrons. The number of aromatic nitrogens is 1. The van der Waals surface area contributed by atoms with Crippen molar-refractivity contribution in [3.63, 3.8) is 0 Å². The standard InChI is InChI=1S/C27H34N4O2S/c1-2-33-23-10-11-24-25(17-23)34-27(29-24)31-14-6-9-21(19-31)26(32)28-22-12-15-30(16-13-22)18-20-7-4-3-5-8-20/h3-5,7-8,10-11,17,21-22H,2,6,9,12-16,18-19H2,1H3,(H,28,32)/t21-/m0/s1. The summed E-state index contributed by atoms with van der Waals surface area (Å²) in [7, 11) is 0. The minimum Gasteiger partial charge on any atom is -0.494 e. The quantitative estimate of drug-likeness (QED) is 0.534. The van der Waals surface area contributed by atoms with Crippen LogP contribution >= 0.6 is 11.3 Å². The molecule has 2 fully saturated rings. The summed E-state index contributed by atoms with van der Waals surface area (Å²) in [4.78, 5) is 22.7. The minimum absolute atomic E-state index is 0.0297. The zero-order valence-electron chi connectivity index (χ0n) is 19.9. The zero-order valence-corrected chi connectivity index (χ0v) is 20.7. The SMILES string of the molecule is CCOc1ccc2nc(N3CCC[C@H](C(=O)NC4CCN(Cc5ccccc5)CC4)C3)sc2c1. The van der Waals surface area contributed by atoms with E-state index in [0.717, 1.165) is 79.5 Å². The number of benzene rings is 2. The summed E-state index contributed by atoms with van der Waals surface area (Å²) >= 11 is 1.69. The van der Waals surface area contributed by atoms with Crippen molar-refractivity contribution in [2.75, 3.05) is 37.7 Å². The highest BCUT2D eigenvalue weighted by atomic mass is 32.1. The molecule has 1 amide bonds. The molecule has 2 aliphatic rings. The molecule has 2 aromatic carbocycles. The molecule has 0 saturated carbocycles. The Morgan fingerprint density at radius 3 is 2.74 bits per heavy atom. The number of thiazole rings is 1. The van der Waals surface area contributed by atoms with Crippen LogP contribution in [0.5, 0.6) is 5.75 Å². The molecule has 0 unspecified atom stereocenters. The van der Waals surface area contributed by atoms with Crippen LogP contribution in [0.15, 0.2) is 48.5 Å². The second-order valence-corrected chi connectivity index (χ2v) is 10.4. The number of fused-ring (bicyclic) bond motifs is 1. The number of hydrogen-bond donors (Lipinski definition) is 1. The van der Waals surface area contributed by atoms with Crippen LogP contribution in [0.25, 0.3) is 10.2 Å². The van der Waals surface area contributed by atoms with Gasteiger partial charge in [0, 0.05) is 38.8 Å². The van der Waals surface area contributed by atoms with E-state index >= 15 is 0 Å². The maximum atomic E-state index is 13.1. The van der Waals surface area contributed by atoms with E-state index in [4.69, 9.17) is 9.72 Å². The average molecular weight is 479 g/mol. The van der Waals surface area contributed by atoms with Crippen molar-refractivity contribution in [1.82, 2.24) is 15.2 Å². The topological polar surface area (TPSA) is 57.7 Å². The lowest BCUT2D eigenvalue weighted by Gasteiger charge is -2.35. The molecule has 1 atom stereocenters. The van der Waals surface area contributed by atoms with E-state index in [2.05, 4.69) is 51.5 Å². The first kappa shape index (κ1) is 23.1. The maximum Gasteiger partial charge on any atom is 0.225 e. The molecule has 2 saturated heterocycles. The molecule has 6 nitrogen and oxygen atoms in total. The van der Waals surface area contributed by atoms with Gasteiger partial charge in [0.15, 0.2) is 5.13 Å². The maximum absolute atomic E-state index is 13.1. The highest BCUT2D eigenvalue weighted by molar-refractivity contribution is 7.22. The van der Waals surface area contributed by atoms with Crippen LogP contribution in [0, 0.1) is 5.92 Å². The fourth-order valence-corrected chi connectivity index (χ4v) is 6.07. The summed E-state index contributed by atoms with van der Waals surface area (Å²) in [6.45, 7) is 7.42. The van der Waals surface area contributed by atoms with E-state index in [-0.39, 0.29) is 17.9 Å². The van der Waals surface area contributed by atoms with E-state index in [0.29, 0.717) is 6.61 Å². The number of hydrogen-bond acceptors (Lipinski definition) is 6. The number of likely N-dealkylation sites (tertiary alicyclic amines) is 1. The first-order valence-electron chi connectivity index (χ1n) is 12.5. The van der Waals surface area contributed by atoms with Gasteiger partial charge in [-0.05, 0) is 56.4 Å². The second-order valence-electron chi connectivity index (χ2n) is 9.39. The van der Waals surface area contributed by atoms with Gasteiger partial charge in [-0.1, -0.05) is 41.7 Å². The molecular weight excluding hydrogens is 444 g/mol. The van der Waals surface area contributed by atoms with Crippen molar-refractivity contribution in [3.05, 3.63) is 54.1 Å². The Labute approximate surface area is 205 Å². The van der Waals surface area contributed by atoms with Crippen LogP contribution in [0.4, 0.5) is 5.13 Å². The Bertz CT molecular complexity index is 1090. The smallest absolute Gasteiger partial charge is 0.225 e. The van der Waals surface area contributed by atoms with Crippen LogP contribution < -0.4 is 15.0 Å².